The maximum absolute atomic E-state index is 11.0. The normalized spacial score (nSPS) is 17.4. The third-order valence-electron chi connectivity index (χ3n) is 4.02. The zero-order valence-corrected chi connectivity index (χ0v) is 12.3. The van der Waals surface area contributed by atoms with Gasteiger partial charge in [-0.2, -0.15) is 11.8 Å². The van der Waals surface area contributed by atoms with Crippen molar-refractivity contribution in [2.75, 3.05) is 18.1 Å². The average molecular weight is 279 g/mol. The molecule has 0 bridgehead atoms. The van der Waals surface area contributed by atoms with Gasteiger partial charge < -0.3 is 10.4 Å². The van der Waals surface area contributed by atoms with Crippen molar-refractivity contribution in [3.63, 3.8) is 0 Å². The van der Waals surface area contributed by atoms with E-state index in [2.05, 4.69) is 11.6 Å². The number of benzene rings is 1. The number of nitrogens with one attached hydrogen (secondary N) is 1. The fraction of sp³-hybridized carbons (Fsp3) is 0.533. The lowest BCUT2D eigenvalue weighted by molar-refractivity contribution is 0.0696. The Morgan fingerprint density at radius 3 is 2.63 bits per heavy atom. The van der Waals surface area contributed by atoms with Crippen molar-refractivity contribution >= 4 is 23.4 Å². The fourth-order valence-corrected chi connectivity index (χ4v) is 3.66. The zero-order chi connectivity index (χ0) is 13.9. The van der Waals surface area contributed by atoms with Crippen LogP contribution in [0.3, 0.4) is 0 Å². The Kier molecular flexibility index (Phi) is 4.40. The third-order valence-corrected chi connectivity index (χ3v) is 5.44. The molecule has 104 valence electrons. The smallest absolute Gasteiger partial charge is 0.335 e. The molecule has 1 aromatic carbocycles. The van der Waals surface area contributed by atoms with Crippen LogP contribution in [-0.4, -0.2) is 28.6 Å². The SMILES string of the molecule is CSC1(CNc2ccc(C(=O)O)c(C)c2)CCCC1. The van der Waals surface area contributed by atoms with Crippen molar-refractivity contribution in [1.29, 1.82) is 0 Å². The molecule has 19 heavy (non-hydrogen) atoms. The Morgan fingerprint density at radius 2 is 2.11 bits per heavy atom. The standard InChI is InChI=1S/C15H21NO2S/c1-11-9-12(5-6-13(11)14(17)18)16-10-15(19-2)7-3-4-8-15/h5-6,9,16H,3-4,7-8,10H2,1-2H3,(H,17,18). The van der Waals surface area contributed by atoms with Gasteiger partial charge in [0.05, 0.1) is 5.56 Å². The Bertz CT molecular complexity index is 467. The number of rotatable bonds is 5. The number of hydrogen-bond acceptors (Lipinski definition) is 3. The van der Waals surface area contributed by atoms with E-state index < -0.39 is 5.97 Å². The summed E-state index contributed by atoms with van der Waals surface area (Å²) in [5.41, 5.74) is 2.20. The van der Waals surface area contributed by atoms with Crippen LogP contribution in [0, 0.1) is 6.92 Å². The summed E-state index contributed by atoms with van der Waals surface area (Å²) in [7, 11) is 0. The van der Waals surface area contributed by atoms with Gasteiger partial charge in [-0.25, -0.2) is 4.79 Å². The Morgan fingerprint density at radius 1 is 1.42 bits per heavy atom. The number of anilines is 1. The van der Waals surface area contributed by atoms with Gasteiger partial charge in [-0.05, 0) is 49.8 Å². The summed E-state index contributed by atoms with van der Waals surface area (Å²) in [4.78, 5) is 11.0. The molecule has 2 N–H and O–H groups in total. The number of thioether (sulfide) groups is 1. The van der Waals surface area contributed by atoms with Crippen molar-refractivity contribution in [3.8, 4) is 0 Å². The summed E-state index contributed by atoms with van der Waals surface area (Å²) in [6, 6.07) is 5.46. The summed E-state index contributed by atoms with van der Waals surface area (Å²) < 4.78 is 0.360. The number of carbonyl (C=O) groups is 1. The van der Waals surface area contributed by atoms with Gasteiger partial charge >= 0.3 is 5.97 Å². The highest BCUT2D eigenvalue weighted by molar-refractivity contribution is 8.00. The lowest BCUT2D eigenvalue weighted by atomic mass is 10.1. The first-order valence-electron chi connectivity index (χ1n) is 6.69. The third kappa shape index (κ3) is 3.24. The second-order valence-corrected chi connectivity index (χ2v) is 6.56. The quantitative estimate of drug-likeness (QED) is 0.861. The molecule has 1 aliphatic rings. The highest BCUT2D eigenvalue weighted by atomic mass is 32.2. The van der Waals surface area contributed by atoms with Crippen LogP contribution in [0.2, 0.25) is 0 Å². The largest absolute Gasteiger partial charge is 0.478 e. The predicted molar refractivity (Wildman–Crippen MR) is 81.3 cm³/mol. The van der Waals surface area contributed by atoms with Gasteiger partial charge in [0.15, 0.2) is 0 Å². The van der Waals surface area contributed by atoms with E-state index in [0.717, 1.165) is 17.8 Å². The molecule has 0 amide bonds. The van der Waals surface area contributed by atoms with E-state index in [-0.39, 0.29) is 0 Å². The Balaban J connectivity index is 2.03. The average Bonchev–Trinajstić information content (AvgIpc) is 2.85. The summed E-state index contributed by atoms with van der Waals surface area (Å²) >= 11 is 1.95. The van der Waals surface area contributed by atoms with Crippen LogP contribution in [0.15, 0.2) is 18.2 Å². The summed E-state index contributed by atoms with van der Waals surface area (Å²) in [6.07, 6.45) is 7.37. The number of carboxylic acid groups (broad SMARTS) is 1. The van der Waals surface area contributed by atoms with Gasteiger partial charge in [-0.15, -0.1) is 0 Å². The van der Waals surface area contributed by atoms with Crippen LogP contribution < -0.4 is 5.32 Å². The molecular formula is C15H21NO2S. The monoisotopic (exact) mass is 279 g/mol. The van der Waals surface area contributed by atoms with Crippen molar-refractivity contribution in [2.45, 2.75) is 37.4 Å². The van der Waals surface area contributed by atoms with Gasteiger partial charge in [0.1, 0.15) is 0 Å². The van der Waals surface area contributed by atoms with Gasteiger partial charge in [-0.1, -0.05) is 12.8 Å². The minimum atomic E-state index is -0.861. The maximum atomic E-state index is 11.0. The molecule has 4 heteroatoms. The van der Waals surface area contributed by atoms with E-state index in [0.29, 0.717) is 10.3 Å². The van der Waals surface area contributed by atoms with Crippen LogP contribution in [0.5, 0.6) is 0 Å². The first kappa shape index (κ1) is 14.3. The van der Waals surface area contributed by atoms with E-state index >= 15 is 0 Å². The van der Waals surface area contributed by atoms with Crippen molar-refractivity contribution in [3.05, 3.63) is 29.3 Å². The summed E-state index contributed by atoms with van der Waals surface area (Å²) in [6.45, 7) is 2.80. The number of aromatic carboxylic acids is 1. The molecule has 0 aromatic heterocycles. The van der Waals surface area contributed by atoms with Crippen molar-refractivity contribution < 1.29 is 9.90 Å². The summed E-state index contributed by atoms with van der Waals surface area (Å²) in [5, 5.41) is 12.5. The van der Waals surface area contributed by atoms with Crippen LogP contribution in [0.4, 0.5) is 5.69 Å². The molecule has 1 aromatic rings. The second kappa shape index (κ2) is 5.87. The molecule has 0 unspecified atom stereocenters. The molecule has 3 nitrogen and oxygen atoms in total. The summed E-state index contributed by atoms with van der Waals surface area (Å²) in [5.74, 6) is -0.861. The van der Waals surface area contributed by atoms with E-state index in [1.165, 1.54) is 25.7 Å². The lowest BCUT2D eigenvalue weighted by Gasteiger charge is -2.27. The number of hydrogen-bond donors (Lipinski definition) is 2. The van der Waals surface area contributed by atoms with Crippen LogP contribution in [-0.2, 0) is 0 Å². The topological polar surface area (TPSA) is 49.3 Å². The fourth-order valence-electron chi connectivity index (χ4n) is 2.75. The van der Waals surface area contributed by atoms with Gasteiger partial charge in [0.2, 0.25) is 0 Å². The van der Waals surface area contributed by atoms with E-state index in [9.17, 15) is 4.79 Å². The molecule has 2 rings (SSSR count). The zero-order valence-electron chi connectivity index (χ0n) is 11.5. The van der Waals surface area contributed by atoms with Crippen LogP contribution in [0.25, 0.3) is 0 Å². The maximum Gasteiger partial charge on any atom is 0.335 e. The van der Waals surface area contributed by atoms with Gasteiger partial charge in [0, 0.05) is 17.0 Å². The minimum absolute atomic E-state index is 0.360. The highest BCUT2D eigenvalue weighted by Gasteiger charge is 2.32. The first-order chi connectivity index (χ1) is 9.06. The molecule has 0 spiro atoms. The highest BCUT2D eigenvalue weighted by Crippen LogP contribution is 2.40. The molecular weight excluding hydrogens is 258 g/mol. The first-order valence-corrected chi connectivity index (χ1v) is 7.92. The van der Waals surface area contributed by atoms with Crippen molar-refractivity contribution in [2.24, 2.45) is 0 Å². The molecule has 0 atom stereocenters. The number of carboxylic acids is 1. The predicted octanol–water partition coefficient (Wildman–Crippen LogP) is 3.78. The van der Waals surface area contributed by atoms with Crippen LogP contribution >= 0.6 is 11.8 Å². The molecule has 1 aliphatic carbocycles. The van der Waals surface area contributed by atoms with E-state index in [1.807, 2.05) is 30.8 Å². The number of aryl methyl sites for hydroxylation is 1. The van der Waals surface area contributed by atoms with E-state index in [4.69, 9.17) is 5.11 Å². The molecule has 0 aliphatic heterocycles. The molecule has 0 radical (unpaired) electrons. The molecule has 1 fully saturated rings. The lowest BCUT2D eigenvalue weighted by Crippen LogP contribution is -2.30. The van der Waals surface area contributed by atoms with Gasteiger partial charge in [0.25, 0.3) is 0 Å². The molecule has 0 heterocycles. The molecule has 1 saturated carbocycles. The Labute approximate surface area is 118 Å². The van der Waals surface area contributed by atoms with Gasteiger partial charge in [-0.3, -0.25) is 0 Å². The van der Waals surface area contributed by atoms with Crippen molar-refractivity contribution in [1.82, 2.24) is 0 Å². The molecule has 0 saturated heterocycles. The Hall–Kier alpha value is -1.16. The van der Waals surface area contributed by atoms with E-state index in [1.54, 1.807) is 6.07 Å². The minimum Gasteiger partial charge on any atom is -0.478 e. The second-order valence-electron chi connectivity index (χ2n) is 5.28. The van der Waals surface area contributed by atoms with Crippen LogP contribution in [0.1, 0.15) is 41.6 Å².